The molecule has 0 saturated carbocycles. The molecule has 4 nitrogen and oxygen atoms in total. The molecule has 1 amide bonds. The van der Waals surface area contributed by atoms with Crippen LogP contribution in [0.1, 0.15) is 38.3 Å². The van der Waals surface area contributed by atoms with Gasteiger partial charge in [0.05, 0.1) is 6.04 Å². The zero-order valence-electron chi connectivity index (χ0n) is 13.8. The minimum atomic E-state index is -0.576. The summed E-state index contributed by atoms with van der Waals surface area (Å²) in [7, 11) is 0. The van der Waals surface area contributed by atoms with Gasteiger partial charge in [-0.25, -0.2) is 0 Å². The number of nitrogens with two attached hydrogens (primary N) is 1. The molecule has 2 atom stereocenters. The molecule has 2 unspecified atom stereocenters. The van der Waals surface area contributed by atoms with Crippen molar-refractivity contribution >= 4 is 18.3 Å². The van der Waals surface area contributed by atoms with E-state index in [0.717, 1.165) is 25.1 Å². The maximum atomic E-state index is 11.9. The van der Waals surface area contributed by atoms with Gasteiger partial charge in [-0.15, -0.1) is 12.4 Å². The molecule has 2 N–H and O–H groups in total. The van der Waals surface area contributed by atoms with Gasteiger partial charge in [-0.3, -0.25) is 9.69 Å². The van der Waals surface area contributed by atoms with E-state index in [9.17, 15) is 4.79 Å². The van der Waals surface area contributed by atoms with E-state index in [1.165, 1.54) is 11.1 Å². The summed E-state index contributed by atoms with van der Waals surface area (Å²) >= 11 is 0. The standard InChI is InChI=1S/C17H26N2O2.ClH/c1-5-9-19(11(2)3)14-10-13-12(4)7-6-8-15(13)21-16(14)17(18)20;/h6-8,11,14,16H,5,9-10H2,1-4H3,(H2,18,20);1H. The van der Waals surface area contributed by atoms with Gasteiger partial charge in [-0.1, -0.05) is 19.1 Å². The number of benzene rings is 1. The average Bonchev–Trinajstić information content (AvgIpc) is 2.43. The smallest absolute Gasteiger partial charge is 0.260 e. The molecule has 0 radical (unpaired) electrons. The average molecular weight is 327 g/mol. The van der Waals surface area contributed by atoms with Crippen LogP contribution in [0.15, 0.2) is 18.2 Å². The number of hydrogen-bond acceptors (Lipinski definition) is 3. The van der Waals surface area contributed by atoms with E-state index in [1.54, 1.807) is 0 Å². The van der Waals surface area contributed by atoms with E-state index < -0.39 is 6.10 Å². The predicted octanol–water partition coefficient (Wildman–Crippen LogP) is 2.69. The Hall–Kier alpha value is -1.26. The second-order valence-corrected chi connectivity index (χ2v) is 6.10. The fraction of sp³-hybridized carbons (Fsp3) is 0.588. The molecule has 0 saturated heterocycles. The van der Waals surface area contributed by atoms with Gasteiger partial charge in [0.1, 0.15) is 5.75 Å². The molecule has 1 aliphatic rings. The Morgan fingerprint density at radius 1 is 1.45 bits per heavy atom. The lowest BCUT2D eigenvalue weighted by molar-refractivity contribution is -0.129. The van der Waals surface area contributed by atoms with E-state index in [1.807, 2.05) is 12.1 Å². The predicted molar refractivity (Wildman–Crippen MR) is 91.7 cm³/mol. The van der Waals surface area contributed by atoms with Gasteiger partial charge >= 0.3 is 0 Å². The van der Waals surface area contributed by atoms with Crippen LogP contribution in [-0.2, 0) is 11.2 Å². The van der Waals surface area contributed by atoms with Crippen LogP contribution in [-0.4, -0.2) is 35.5 Å². The summed E-state index contributed by atoms with van der Waals surface area (Å²) in [5.74, 6) is 0.421. The van der Waals surface area contributed by atoms with Crippen LogP contribution in [0.4, 0.5) is 0 Å². The molecule has 1 aromatic carbocycles. The van der Waals surface area contributed by atoms with Crippen molar-refractivity contribution in [1.29, 1.82) is 0 Å². The van der Waals surface area contributed by atoms with Crippen molar-refractivity contribution in [1.82, 2.24) is 4.90 Å². The van der Waals surface area contributed by atoms with Crippen molar-refractivity contribution in [3.63, 3.8) is 0 Å². The second-order valence-electron chi connectivity index (χ2n) is 6.10. The van der Waals surface area contributed by atoms with Gasteiger partial charge in [0.2, 0.25) is 0 Å². The summed E-state index contributed by atoms with van der Waals surface area (Å²) in [6.07, 6.45) is 1.28. The highest BCUT2D eigenvalue weighted by molar-refractivity contribution is 5.85. The van der Waals surface area contributed by atoms with Crippen molar-refractivity contribution in [2.75, 3.05) is 6.54 Å². The Bertz CT molecular complexity index is 519. The summed E-state index contributed by atoms with van der Waals surface area (Å²) in [4.78, 5) is 14.2. The molecule has 124 valence electrons. The molecule has 0 spiro atoms. The van der Waals surface area contributed by atoms with Crippen LogP contribution in [0.25, 0.3) is 0 Å². The fourth-order valence-corrected chi connectivity index (χ4v) is 3.18. The lowest BCUT2D eigenvalue weighted by Crippen LogP contribution is -2.57. The molecule has 22 heavy (non-hydrogen) atoms. The highest BCUT2D eigenvalue weighted by Crippen LogP contribution is 2.32. The number of halogens is 1. The number of rotatable bonds is 5. The Morgan fingerprint density at radius 2 is 2.14 bits per heavy atom. The van der Waals surface area contributed by atoms with E-state index in [4.69, 9.17) is 10.5 Å². The number of carbonyl (C=O) groups is 1. The molecule has 0 aliphatic carbocycles. The third-order valence-electron chi connectivity index (χ3n) is 4.24. The second kappa shape index (κ2) is 7.84. The maximum absolute atomic E-state index is 11.9. The Morgan fingerprint density at radius 3 is 2.68 bits per heavy atom. The summed E-state index contributed by atoms with van der Waals surface area (Å²) in [5, 5.41) is 0. The highest BCUT2D eigenvalue weighted by atomic mass is 35.5. The zero-order valence-corrected chi connectivity index (χ0v) is 14.7. The molecule has 5 heteroatoms. The van der Waals surface area contributed by atoms with Crippen LogP contribution < -0.4 is 10.5 Å². The first-order valence-electron chi connectivity index (χ1n) is 7.75. The van der Waals surface area contributed by atoms with Crippen molar-refractivity contribution in [2.45, 2.75) is 58.7 Å². The summed E-state index contributed by atoms with van der Waals surface area (Å²) in [6, 6.07) is 6.33. The van der Waals surface area contributed by atoms with Gasteiger partial charge < -0.3 is 10.5 Å². The van der Waals surface area contributed by atoms with Crippen LogP contribution in [0, 0.1) is 6.92 Å². The number of ether oxygens (including phenoxy) is 1. The summed E-state index contributed by atoms with van der Waals surface area (Å²) < 4.78 is 5.95. The molecular formula is C17H27ClN2O2. The Kier molecular flexibility index (Phi) is 6.69. The minimum absolute atomic E-state index is 0. The zero-order chi connectivity index (χ0) is 15.6. The number of hydrogen-bond donors (Lipinski definition) is 1. The third-order valence-corrected chi connectivity index (χ3v) is 4.24. The number of nitrogens with zero attached hydrogens (tertiary/aromatic N) is 1. The van der Waals surface area contributed by atoms with Crippen LogP contribution >= 0.6 is 12.4 Å². The maximum Gasteiger partial charge on any atom is 0.260 e. The number of aryl methyl sites for hydroxylation is 1. The van der Waals surface area contributed by atoms with E-state index in [2.05, 4.69) is 38.7 Å². The number of amides is 1. The molecule has 0 aromatic heterocycles. The first-order valence-corrected chi connectivity index (χ1v) is 7.75. The van der Waals surface area contributed by atoms with Gasteiger partial charge in [-0.05, 0) is 57.4 Å². The highest BCUT2D eigenvalue weighted by Gasteiger charge is 2.38. The van der Waals surface area contributed by atoms with Gasteiger partial charge in [-0.2, -0.15) is 0 Å². The molecule has 1 aromatic rings. The summed E-state index contributed by atoms with van der Waals surface area (Å²) in [5.41, 5.74) is 8.00. The fourth-order valence-electron chi connectivity index (χ4n) is 3.18. The van der Waals surface area contributed by atoms with Crippen LogP contribution in [0.5, 0.6) is 5.75 Å². The summed E-state index contributed by atoms with van der Waals surface area (Å²) in [6.45, 7) is 9.49. The third kappa shape index (κ3) is 3.73. The number of carbonyl (C=O) groups excluding carboxylic acids is 1. The van der Waals surface area contributed by atoms with E-state index in [0.29, 0.717) is 6.04 Å². The molecule has 0 fully saturated rings. The van der Waals surface area contributed by atoms with Gasteiger partial charge in [0.25, 0.3) is 5.91 Å². The van der Waals surface area contributed by atoms with Crippen LogP contribution in [0.2, 0.25) is 0 Å². The van der Waals surface area contributed by atoms with Gasteiger partial charge in [0, 0.05) is 6.04 Å². The monoisotopic (exact) mass is 326 g/mol. The van der Waals surface area contributed by atoms with E-state index in [-0.39, 0.29) is 24.4 Å². The molecule has 1 heterocycles. The Labute approximate surface area is 139 Å². The van der Waals surface area contributed by atoms with Crippen LogP contribution in [0.3, 0.4) is 0 Å². The van der Waals surface area contributed by atoms with E-state index >= 15 is 0 Å². The quantitative estimate of drug-likeness (QED) is 0.905. The first kappa shape index (κ1) is 18.8. The minimum Gasteiger partial charge on any atom is -0.479 e. The topological polar surface area (TPSA) is 55.6 Å². The first-order chi connectivity index (χ1) is 9.95. The lowest BCUT2D eigenvalue weighted by Gasteiger charge is -2.41. The molecule has 2 rings (SSSR count). The number of fused-ring (bicyclic) bond motifs is 1. The largest absolute Gasteiger partial charge is 0.479 e. The van der Waals surface area contributed by atoms with Crippen molar-refractivity contribution in [2.24, 2.45) is 5.73 Å². The van der Waals surface area contributed by atoms with Crippen molar-refractivity contribution < 1.29 is 9.53 Å². The Balaban J connectivity index is 0.00000242. The van der Waals surface area contributed by atoms with Gasteiger partial charge in [0.15, 0.2) is 6.10 Å². The SMILES string of the molecule is CCCN(C(C)C)C1Cc2c(C)cccc2OC1C(N)=O.Cl. The molecule has 1 aliphatic heterocycles. The number of primary amides is 1. The van der Waals surface area contributed by atoms with Crippen molar-refractivity contribution in [3.8, 4) is 5.75 Å². The normalized spacial score (nSPS) is 20.3. The lowest BCUT2D eigenvalue weighted by atomic mass is 9.91. The molecular weight excluding hydrogens is 300 g/mol. The van der Waals surface area contributed by atoms with Crippen molar-refractivity contribution in [3.05, 3.63) is 29.3 Å². The molecule has 0 bridgehead atoms.